The van der Waals surface area contributed by atoms with E-state index in [0.29, 0.717) is 0 Å². The molecule has 0 aromatic carbocycles. The van der Waals surface area contributed by atoms with E-state index in [9.17, 15) is 14.7 Å². The van der Waals surface area contributed by atoms with E-state index in [1.165, 1.54) is 11.8 Å². The first-order valence-corrected chi connectivity index (χ1v) is 4.87. The van der Waals surface area contributed by atoms with E-state index < -0.39 is 11.6 Å². The summed E-state index contributed by atoms with van der Waals surface area (Å²) in [4.78, 5) is 23.7. The number of carbonyl (C=O) groups is 2. The average Bonchev–Trinajstić information content (AvgIpc) is 2.01. The quantitative estimate of drug-likeness (QED) is 0.680. The predicted molar refractivity (Wildman–Crippen MR) is 57.2 cm³/mol. The summed E-state index contributed by atoms with van der Waals surface area (Å²) in [7, 11) is 1.55. The monoisotopic (exact) mass is 216 g/mol. The highest BCUT2D eigenvalue weighted by atomic mass is 16.3. The van der Waals surface area contributed by atoms with Gasteiger partial charge in [-0.15, -0.1) is 0 Å². The van der Waals surface area contributed by atoms with Gasteiger partial charge in [0.1, 0.15) is 0 Å². The summed E-state index contributed by atoms with van der Waals surface area (Å²) in [5.41, 5.74) is -0.686. The number of hydrogen-bond donors (Lipinski definition) is 2. The minimum Gasteiger partial charge on any atom is -0.391 e. The number of aliphatic hydroxyl groups excluding tert-OH is 1. The topological polar surface area (TPSA) is 69.6 Å². The van der Waals surface area contributed by atoms with Crippen LogP contribution >= 0.6 is 0 Å². The van der Waals surface area contributed by atoms with Crippen molar-refractivity contribution in [3.05, 3.63) is 0 Å². The minimum atomic E-state index is -0.686. The van der Waals surface area contributed by atoms with Crippen molar-refractivity contribution in [2.75, 3.05) is 13.6 Å². The molecule has 0 aromatic rings. The first-order valence-electron chi connectivity index (χ1n) is 4.87. The van der Waals surface area contributed by atoms with Crippen LogP contribution < -0.4 is 5.32 Å². The summed E-state index contributed by atoms with van der Waals surface area (Å²) in [6.45, 7) is 6.46. The third kappa shape index (κ3) is 4.78. The lowest BCUT2D eigenvalue weighted by molar-refractivity contribution is -0.134. The van der Waals surface area contributed by atoms with Crippen LogP contribution in [0.25, 0.3) is 0 Å². The summed E-state index contributed by atoms with van der Waals surface area (Å²) in [5.74, 6) is -0.446. The number of aliphatic hydroxyl groups is 1. The third-order valence-corrected chi connectivity index (χ3v) is 2.42. The highest BCUT2D eigenvalue weighted by molar-refractivity contribution is 5.84. The highest BCUT2D eigenvalue weighted by Gasteiger charge is 2.26. The minimum absolute atomic E-state index is 0.00544. The second kappa shape index (κ2) is 5.11. The zero-order valence-electron chi connectivity index (χ0n) is 10.00. The molecule has 5 nitrogen and oxygen atoms in total. The smallest absolute Gasteiger partial charge is 0.240 e. The van der Waals surface area contributed by atoms with E-state index in [4.69, 9.17) is 0 Å². The number of rotatable bonds is 4. The molecule has 88 valence electrons. The maximum Gasteiger partial charge on any atom is 0.240 e. The summed E-state index contributed by atoms with van der Waals surface area (Å²) in [6, 6.07) is 0. The summed E-state index contributed by atoms with van der Waals surface area (Å²) >= 11 is 0. The number of carbonyl (C=O) groups excluding carboxylic acids is 2. The largest absolute Gasteiger partial charge is 0.391 e. The van der Waals surface area contributed by atoms with Gasteiger partial charge in [-0.05, 0) is 20.8 Å². The summed E-state index contributed by atoms with van der Waals surface area (Å²) in [5, 5.41) is 12.0. The van der Waals surface area contributed by atoms with Gasteiger partial charge in [0, 0.05) is 14.0 Å². The average molecular weight is 216 g/mol. The SMILES string of the molecule is CC(=O)N(C)CC(=O)NC(C)(C)C(C)O. The molecule has 0 aliphatic rings. The second-order valence-corrected chi connectivity index (χ2v) is 4.32. The molecule has 0 fully saturated rings. The van der Waals surface area contributed by atoms with Crippen molar-refractivity contribution in [1.82, 2.24) is 10.2 Å². The number of likely N-dealkylation sites (N-methyl/N-ethyl adjacent to an activating group) is 1. The first-order chi connectivity index (χ1) is 6.66. The van der Waals surface area contributed by atoms with Crippen molar-refractivity contribution in [2.24, 2.45) is 0 Å². The molecule has 0 saturated carbocycles. The van der Waals surface area contributed by atoms with Gasteiger partial charge in [0.05, 0.1) is 18.2 Å². The summed E-state index contributed by atoms with van der Waals surface area (Å²) in [6.07, 6.45) is -0.649. The Morgan fingerprint density at radius 1 is 1.47 bits per heavy atom. The van der Waals surface area contributed by atoms with E-state index in [1.54, 1.807) is 27.8 Å². The maximum atomic E-state index is 11.5. The molecular weight excluding hydrogens is 196 g/mol. The Morgan fingerprint density at radius 2 is 1.93 bits per heavy atom. The molecule has 1 atom stereocenters. The van der Waals surface area contributed by atoms with Crippen molar-refractivity contribution < 1.29 is 14.7 Å². The zero-order chi connectivity index (χ0) is 12.2. The Labute approximate surface area is 90.5 Å². The van der Waals surface area contributed by atoms with E-state index >= 15 is 0 Å². The molecule has 0 aromatic heterocycles. The van der Waals surface area contributed by atoms with Crippen molar-refractivity contribution >= 4 is 11.8 Å². The van der Waals surface area contributed by atoms with Crippen LogP contribution in [0.1, 0.15) is 27.7 Å². The fraction of sp³-hybridized carbons (Fsp3) is 0.800. The van der Waals surface area contributed by atoms with Gasteiger partial charge >= 0.3 is 0 Å². The van der Waals surface area contributed by atoms with Crippen molar-refractivity contribution in [3.8, 4) is 0 Å². The molecule has 2 amide bonds. The Balaban J connectivity index is 4.21. The fourth-order valence-corrected chi connectivity index (χ4v) is 0.830. The number of nitrogens with one attached hydrogen (secondary N) is 1. The molecule has 0 radical (unpaired) electrons. The van der Waals surface area contributed by atoms with Gasteiger partial charge in [0.25, 0.3) is 0 Å². The van der Waals surface area contributed by atoms with Crippen molar-refractivity contribution in [3.63, 3.8) is 0 Å². The first kappa shape index (κ1) is 13.9. The molecule has 5 heteroatoms. The zero-order valence-corrected chi connectivity index (χ0v) is 10.00. The maximum absolute atomic E-state index is 11.5. The van der Waals surface area contributed by atoms with Crippen molar-refractivity contribution in [1.29, 1.82) is 0 Å². The number of nitrogens with zero attached hydrogens (tertiary/aromatic N) is 1. The fourth-order valence-electron chi connectivity index (χ4n) is 0.830. The molecule has 0 saturated heterocycles. The lowest BCUT2D eigenvalue weighted by Crippen LogP contribution is -2.53. The van der Waals surface area contributed by atoms with Crippen LogP contribution in [0.3, 0.4) is 0 Å². The molecule has 0 rings (SSSR count). The van der Waals surface area contributed by atoms with Gasteiger partial charge in [0.2, 0.25) is 11.8 Å². The van der Waals surface area contributed by atoms with Gasteiger partial charge in [-0.3, -0.25) is 9.59 Å². The van der Waals surface area contributed by atoms with Crippen LogP contribution in [0, 0.1) is 0 Å². The molecule has 2 N–H and O–H groups in total. The molecular formula is C10H20N2O3. The number of amides is 2. The van der Waals surface area contributed by atoms with E-state index in [0.717, 1.165) is 0 Å². The third-order valence-electron chi connectivity index (χ3n) is 2.42. The molecule has 1 unspecified atom stereocenters. The van der Waals surface area contributed by atoms with Gasteiger partial charge in [-0.25, -0.2) is 0 Å². The Morgan fingerprint density at radius 3 is 2.27 bits per heavy atom. The van der Waals surface area contributed by atoms with Crippen LogP contribution in [0.15, 0.2) is 0 Å². The predicted octanol–water partition coefficient (Wildman–Crippen LogP) is -0.260. The van der Waals surface area contributed by atoms with Crippen LogP contribution in [0.4, 0.5) is 0 Å². The normalized spacial score (nSPS) is 13.2. The molecule has 15 heavy (non-hydrogen) atoms. The molecule has 0 spiro atoms. The lowest BCUT2D eigenvalue weighted by Gasteiger charge is -2.30. The Kier molecular flexibility index (Phi) is 4.74. The van der Waals surface area contributed by atoms with Crippen LogP contribution in [0.5, 0.6) is 0 Å². The standard InChI is InChI=1S/C10H20N2O3/c1-7(13)10(3,4)11-9(15)6-12(5)8(2)14/h7,13H,6H2,1-5H3,(H,11,15). The number of hydrogen-bond acceptors (Lipinski definition) is 3. The van der Waals surface area contributed by atoms with Gasteiger partial charge in [-0.1, -0.05) is 0 Å². The van der Waals surface area contributed by atoms with Gasteiger partial charge < -0.3 is 15.3 Å². The molecule has 0 bridgehead atoms. The second-order valence-electron chi connectivity index (χ2n) is 4.32. The van der Waals surface area contributed by atoms with Gasteiger partial charge in [0.15, 0.2) is 0 Å². The van der Waals surface area contributed by atoms with E-state index in [1.807, 2.05) is 0 Å². The van der Waals surface area contributed by atoms with E-state index in [2.05, 4.69) is 5.32 Å². The van der Waals surface area contributed by atoms with E-state index in [-0.39, 0.29) is 18.4 Å². The Bertz CT molecular complexity index is 249. The molecule has 0 aliphatic heterocycles. The van der Waals surface area contributed by atoms with Crippen LogP contribution in [-0.2, 0) is 9.59 Å². The highest BCUT2D eigenvalue weighted by Crippen LogP contribution is 2.07. The Hall–Kier alpha value is -1.10. The summed E-state index contributed by atoms with van der Waals surface area (Å²) < 4.78 is 0. The van der Waals surface area contributed by atoms with Crippen LogP contribution in [0.2, 0.25) is 0 Å². The van der Waals surface area contributed by atoms with Gasteiger partial charge in [-0.2, -0.15) is 0 Å². The molecule has 0 aliphatic carbocycles. The molecule has 0 heterocycles. The van der Waals surface area contributed by atoms with Crippen LogP contribution in [-0.4, -0.2) is 47.1 Å². The van der Waals surface area contributed by atoms with Crippen molar-refractivity contribution in [2.45, 2.75) is 39.3 Å². The lowest BCUT2D eigenvalue weighted by atomic mass is 9.99.